The second kappa shape index (κ2) is 5.76. The van der Waals surface area contributed by atoms with Crippen molar-refractivity contribution >= 4 is 6.72 Å². The van der Waals surface area contributed by atoms with Gasteiger partial charge in [0.25, 0.3) is 0 Å². The van der Waals surface area contributed by atoms with E-state index < -0.39 is 0 Å². The Morgan fingerprint density at radius 1 is 1.56 bits per heavy atom. The zero-order valence-corrected chi connectivity index (χ0v) is 6.14. The van der Waals surface area contributed by atoms with Crippen LogP contribution in [0.5, 0.6) is 0 Å². The van der Waals surface area contributed by atoms with Gasteiger partial charge in [-0.3, -0.25) is 4.99 Å². The van der Waals surface area contributed by atoms with Gasteiger partial charge < -0.3 is 5.73 Å². The van der Waals surface area contributed by atoms with Crippen LogP contribution in [0.25, 0.3) is 0 Å². The molecule has 0 aliphatic heterocycles. The van der Waals surface area contributed by atoms with E-state index in [1.54, 1.807) is 0 Å². The van der Waals surface area contributed by atoms with E-state index in [0.717, 1.165) is 19.4 Å². The highest BCUT2D eigenvalue weighted by atomic mass is 14.7. The van der Waals surface area contributed by atoms with E-state index in [0.29, 0.717) is 6.04 Å². The fourth-order valence-electron chi connectivity index (χ4n) is 0.675. The predicted molar refractivity (Wildman–Crippen MR) is 41.9 cm³/mol. The van der Waals surface area contributed by atoms with Crippen molar-refractivity contribution in [2.45, 2.75) is 32.2 Å². The Kier molecular flexibility index (Phi) is 5.52. The van der Waals surface area contributed by atoms with Crippen LogP contribution in [0, 0.1) is 0 Å². The molecular weight excluding hydrogens is 112 g/mol. The topological polar surface area (TPSA) is 38.4 Å². The molecule has 2 heteroatoms. The van der Waals surface area contributed by atoms with E-state index >= 15 is 0 Å². The zero-order valence-electron chi connectivity index (χ0n) is 6.14. The van der Waals surface area contributed by atoms with Gasteiger partial charge in [-0.05, 0) is 33.0 Å². The van der Waals surface area contributed by atoms with E-state index in [9.17, 15) is 0 Å². The maximum Gasteiger partial charge on any atom is 0.0464 e. The van der Waals surface area contributed by atoms with E-state index in [-0.39, 0.29) is 0 Å². The third kappa shape index (κ3) is 5.50. The first-order chi connectivity index (χ1) is 4.31. The lowest BCUT2D eigenvalue weighted by Gasteiger charge is -2.02. The molecule has 1 atom stereocenters. The molecule has 1 unspecified atom stereocenters. The Morgan fingerprint density at radius 3 is 2.67 bits per heavy atom. The molecule has 0 rings (SSSR count). The Bertz CT molecular complexity index is 71.3. The number of nitrogens with two attached hydrogens (primary N) is 1. The minimum Gasteiger partial charge on any atom is -0.330 e. The summed E-state index contributed by atoms with van der Waals surface area (Å²) in [6.07, 6.45) is 3.41. The fraction of sp³-hybridized carbons (Fsp3) is 0.857. The Balaban J connectivity index is 2.96. The van der Waals surface area contributed by atoms with Crippen LogP contribution in [0.4, 0.5) is 0 Å². The Labute approximate surface area is 57.2 Å². The quantitative estimate of drug-likeness (QED) is 0.438. The second-order valence-electron chi connectivity index (χ2n) is 2.32. The van der Waals surface area contributed by atoms with Crippen molar-refractivity contribution in [1.82, 2.24) is 0 Å². The van der Waals surface area contributed by atoms with Gasteiger partial charge in [0.15, 0.2) is 0 Å². The third-order valence-electron chi connectivity index (χ3n) is 1.39. The maximum absolute atomic E-state index is 5.31. The van der Waals surface area contributed by atoms with E-state index in [2.05, 4.69) is 18.6 Å². The molecule has 0 heterocycles. The van der Waals surface area contributed by atoms with Crippen LogP contribution in [0.2, 0.25) is 0 Å². The van der Waals surface area contributed by atoms with Gasteiger partial charge in [0.1, 0.15) is 0 Å². The van der Waals surface area contributed by atoms with Gasteiger partial charge in [0.05, 0.1) is 0 Å². The van der Waals surface area contributed by atoms with Gasteiger partial charge in [-0.2, -0.15) is 0 Å². The molecule has 0 aromatic heterocycles. The van der Waals surface area contributed by atoms with Gasteiger partial charge in [0, 0.05) is 6.04 Å². The van der Waals surface area contributed by atoms with Crippen LogP contribution in [-0.4, -0.2) is 19.3 Å². The first kappa shape index (κ1) is 8.63. The van der Waals surface area contributed by atoms with Gasteiger partial charge >= 0.3 is 0 Å². The van der Waals surface area contributed by atoms with Crippen molar-refractivity contribution in [2.24, 2.45) is 10.7 Å². The fourth-order valence-corrected chi connectivity index (χ4v) is 0.675. The molecular formula is C7H16N2. The molecule has 0 aromatic carbocycles. The van der Waals surface area contributed by atoms with E-state index in [1.807, 2.05) is 0 Å². The first-order valence-corrected chi connectivity index (χ1v) is 3.47. The smallest absolute Gasteiger partial charge is 0.0464 e. The molecule has 0 spiro atoms. The summed E-state index contributed by atoms with van der Waals surface area (Å²) in [5.41, 5.74) is 5.31. The molecule has 0 radical (unpaired) electrons. The second-order valence-corrected chi connectivity index (χ2v) is 2.32. The molecule has 0 fully saturated rings. The summed E-state index contributed by atoms with van der Waals surface area (Å²) < 4.78 is 0. The molecule has 0 saturated carbocycles. The highest BCUT2D eigenvalue weighted by Gasteiger charge is 1.94. The van der Waals surface area contributed by atoms with Crippen LogP contribution >= 0.6 is 0 Å². The van der Waals surface area contributed by atoms with Crippen LogP contribution < -0.4 is 5.73 Å². The lowest BCUT2D eigenvalue weighted by Crippen LogP contribution is -2.01. The van der Waals surface area contributed by atoms with Gasteiger partial charge in [0.2, 0.25) is 0 Å². The molecule has 0 aromatic rings. The largest absolute Gasteiger partial charge is 0.330 e. The van der Waals surface area contributed by atoms with Crippen molar-refractivity contribution in [1.29, 1.82) is 0 Å². The zero-order chi connectivity index (χ0) is 7.11. The number of unbranched alkanes of at least 4 members (excludes halogenated alkanes) is 1. The van der Waals surface area contributed by atoms with E-state index in [4.69, 9.17) is 5.73 Å². The highest BCUT2D eigenvalue weighted by Crippen LogP contribution is 2.01. The minimum absolute atomic E-state index is 0.413. The molecule has 2 N–H and O–H groups in total. The SMILES string of the molecule is C=NC(C)CCCCN. The van der Waals surface area contributed by atoms with Gasteiger partial charge in [-0.1, -0.05) is 6.42 Å². The van der Waals surface area contributed by atoms with Crippen molar-refractivity contribution in [2.75, 3.05) is 6.54 Å². The Morgan fingerprint density at radius 2 is 2.22 bits per heavy atom. The summed E-state index contributed by atoms with van der Waals surface area (Å²) in [6, 6.07) is 0.413. The van der Waals surface area contributed by atoms with Crippen LogP contribution in [-0.2, 0) is 0 Å². The molecule has 0 aliphatic rings. The summed E-state index contributed by atoms with van der Waals surface area (Å²) in [5, 5.41) is 0. The number of rotatable bonds is 5. The maximum atomic E-state index is 5.31. The standard InChI is InChI=1S/C7H16N2/c1-7(9-2)5-3-4-6-8/h7H,2-6,8H2,1H3. The molecule has 0 amide bonds. The highest BCUT2D eigenvalue weighted by molar-refractivity contribution is 5.23. The number of hydrogen-bond acceptors (Lipinski definition) is 2. The molecule has 54 valence electrons. The van der Waals surface area contributed by atoms with Crippen molar-refractivity contribution < 1.29 is 0 Å². The minimum atomic E-state index is 0.413. The molecule has 0 aliphatic carbocycles. The van der Waals surface area contributed by atoms with Crippen molar-refractivity contribution in [3.05, 3.63) is 0 Å². The molecule has 2 nitrogen and oxygen atoms in total. The summed E-state index contributed by atoms with van der Waals surface area (Å²) in [4.78, 5) is 3.87. The third-order valence-corrected chi connectivity index (χ3v) is 1.39. The Hall–Kier alpha value is -0.370. The summed E-state index contributed by atoms with van der Waals surface area (Å²) in [7, 11) is 0. The van der Waals surface area contributed by atoms with Crippen LogP contribution in [0.1, 0.15) is 26.2 Å². The normalized spacial score (nSPS) is 13.1. The number of aliphatic imine (C=N–C) groups is 1. The van der Waals surface area contributed by atoms with Crippen LogP contribution in [0.3, 0.4) is 0 Å². The lowest BCUT2D eigenvalue weighted by molar-refractivity contribution is 0.606. The summed E-state index contributed by atoms with van der Waals surface area (Å²) >= 11 is 0. The van der Waals surface area contributed by atoms with Gasteiger partial charge in [-0.25, -0.2) is 0 Å². The number of hydrogen-bond donors (Lipinski definition) is 1. The average Bonchev–Trinajstić information content (AvgIpc) is 1.89. The molecule has 9 heavy (non-hydrogen) atoms. The molecule has 0 saturated heterocycles. The first-order valence-electron chi connectivity index (χ1n) is 3.47. The monoisotopic (exact) mass is 128 g/mol. The van der Waals surface area contributed by atoms with Crippen molar-refractivity contribution in [3.8, 4) is 0 Å². The summed E-state index contributed by atoms with van der Waals surface area (Å²) in [6.45, 7) is 6.33. The van der Waals surface area contributed by atoms with E-state index in [1.165, 1.54) is 6.42 Å². The summed E-state index contributed by atoms with van der Waals surface area (Å²) in [5.74, 6) is 0. The van der Waals surface area contributed by atoms with Crippen molar-refractivity contribution in [3.63, 3.8) is 0 Å². The molecule has 0 bridgehead atoms. The lowest BCUT2D eigenvalue weighted by atomic mass is 10.1. The van der Waals surface area contributed by atoms with Gasteiger partial charge in [-0.15, -0.1) is 0 Å². The number of nitrogens with zero attached hydrogens (tertiary/aromatic N) is 1. The average molecular weight is 128 g/mol. The van der Waals surface area contributed by atoms with Crippen LogP contribution in [0.15, 0.2) is 4.99 Å². The predicted octanol–water partition coefficient (Wildman–Crippen LogP) is 1.20.